The summed E-state index contributed by atoms with van der Waals surface area (Å²) < 4.78 is 0. The molecule has 3 atom stereocenters. The van der Waals surface area contributed by atoms with Crippen LogP contribution in [0.25, 0.3) is 0 Å². The van der Waals surface area contributed by atoms with E-state index in [4.69, 9.17) is 0 Å². The molecule has 1 aromatic rings. The van der Waals surface area contributed by atoms with Gasteiger partial charge >= 0.3 is 26.2 Å². The second kappa shape index (κ2) is 19.5. The molecule has 3 fully saturated rings. The quantitative estimate of drug-likeness (QED) is 0.280. The van der Waals surface area contributed by atoms with Gasteiger partial charge in [0.15, 0.2) is 0 Å². The van der Waals surface area contributed by atoms with Crippen molar-refractivity contribution in [1.82, 2.24) is 0 Å². The standard InChI is InChI=1S/C21H35OP.2C5H5.CH3.Zr/c1-13(2)16-11-17(14(3)4)21(18(12-16)15(5)6)23-20-10-8-7-9-19(20)22;2*1-2-4-5-3-1;;/h11-15,19-20,22-23H,7-10H2,1-6H3;2*1-5H;1H3;/q;;;-1;+3/t19-,20-;;;;/m1..../s1. The summed E-state index contributed by atoms with van der Waals surface area (Å²) in [6.07, 6.45) is 24.6. The molecule has 1 nitrogen and oxygen atoms in total. The van der Waals surface area contributed by atoms with Gasteiger partial charge in [0.25, 0.3) is 0 Å². The van der Waals surface area contributed by atoms with E-state index in [9.17, 15) is 5.11 Å². The summed E-state index contributed by atoms with van der Waals surface area (Å²) in [5.41, 5.74) is 4.99. The van der Waals surface area contributed by atoms with E-state index in [2.05, 4.69) is 53.7 Å². The van der Waals surface area contributed by atoms with Crippen LogP contribution in [0.15, 0.2) is 12.1 Å². The van der Waals surface area contributed by atoms with Crippen molar-refractivity contribution in [3.63, 3.8) is 0 Å². The summed E-state index contributed by atoms with van der Waals surface area (Å²) in [6, 6.07) is 4.89. The number of aliphatic hydroxyl groups excluding tert-OH is 1. The molecule has 35 heavy (non-hydrogen) atoms. The monoisotopic (exact) mass is 569 g/mol. The van der Waals surface area contributed by atoms with Gasteiger partial charge in [-0.3, -0.25) is 0 Å². The molecule has 4 rings (SSSR count). The molecule has 11 radical (unpaired) electrons. The molecule has 0 aromatic heterocycles. The van der Waals surface area contributed by atoms with Gasteiger partial charge in [0.2, 0.25) is 0 Å². The Labute approximate surface area is 241 Å². The first-order valence-electron chi connectivity index (χ1n) is 12.8. The van der Waals surface area contributed by atoms with Crippen LogP contribution >= 0.6 is 8.58 Å². The molecule has 0 heterocycles. The summed E-state index contributed by atoms with van der Waals surface area (Å²) in [4.78, 5) is 0. The molecule has 1 aromatic carbocycles. The normalized spacial score (nSPS) is 21.9. The van der Waals surface area contributed by atoms with Gasteiger partial charge in [0.05, 0.1) is 6.10 Å². The van der Waals surface area contributed by atoms with Crippen LogP contribution in [0.2, 0.25) is 0 Å². The van der Waals surface area contributed by atoms with Gasteiger partial charge in [-0.15, -0.1) is 0 Å². The second-order valence-corrected chi connectivity index (χ2v) is 11.6. The topological polar surface area (TPSA) is 20.2 Å². The van der Waals surface area contributed by atoms with Crippen LogP contribution in [0.1, 0.15) is 102 Å². The third kappa shape index (κ3) is 12.7. The van der Waals surface area contributed by atoms with Crippen molar-refractivity contribution in [2.75, 3.05) is 0 Å². The van der Waals surface area contributed by atoms with Gasteiger partial charge in [-0.25, -0.2) is 0 Å². The Kier molecular flexibility index (Phi) is 19.8. The number of rotatable bonds is 5. The van der Waals surface area contributed by atoms with Gasteiger partial charge in [-0.2, -0.15) is 0 Å². The van der Waals surface area contributed by atoms with Crippen LogP contribution in [0.5, 0.6) is 0 Å². The second-order valence-electron chi connectivity index (χ2n) is 10.1. The number of benzene rings is 1. The Morgan fingerprint density at radius 2 is 1.03 bits per heavy atom. The summed E-state index contributed by atoms with van der Waals surface area (Å²) in [5.74, 6) is 1.67. The number of aliphatic hydroxyl groups is 1. The van der Waals surface area contributed by atoms with Crippen molar-refractivity contribution in [3.8, 4) is 0 Å². The van der Waals surface area contributed by atoms with E-state index in [1.807, 2.05) is 64.2 Å². The first-order chi connectivity index (χ1) is 15.8. The predicted octanol–water partition coefficient (Wildman–Crippen LogP) is 8.15. The van der Waals surface area contributed by atoms with Crippen molar-refractivity contribution in [2.45, 2.75) is 96.7 Å². The Hall–Kier alpha value is 0.493. The van der Waals surface area contributed by atoms with Gasteiger partial charge < -0.3 is 12.5 Å². The minimum absolute atomic E-state index is 0. The molecule has 0 aliphatic heterocycles. The molecule has 3 aliphatic carbocycles. The van der Waals surface area contributed by atoms with E-state index in [0.717, 1.165) is 15.0 Å². The molecule has 3 heteroatoms. The van der Waals surface area contributed by atoms with E-state index in [-0.39, 0.29) is 39.7 Å². The van der Waals surface area contributed by atoms with Crippen molar-refractivity contribution in [1.29, 1.82) is 0 Å². The third-order valence-electron chi connectivity index (χ3n) is 6.30. The fourth-order valence-corrected chi connectivity index (χ4v) is 6.36. The smallest absolute Gasteiger partial charge is 0.392 e. The predicted molar refractivity (Wildman–Crippen MR) is 154 cm³/mol. The van der Waals surface area contributed by atoms with Crippen LogP contribution in [0.3, 0.4) is 0 Å². The zero-order valence-corrected chi connectivity index (χ0v) is 26.5. The van der Waals surface area contributed by atoms with Crippen molar-refractivity contribution < 1.29 is 31.3 Å². The van der Waals surface area contributed by atoms with Crippen LogP contribution in [-0.2, 0) is 26.2 Å². The minimum atomic E-state index is -0.0908. The number of hydrogen-bond donors (Lipinski definition) is 1. The van der Waals surface area contributed by atoms with Crippen LogP contribution in [0.4, 0.5) is 0 Å². The van der Waals surface area contributed by atoms with Gasteiger partial charge in [0.1, 0.15) is 0 Å². The molecule has 0 saturated heterocycles. The zero-order chi connectivity index (χ0) is 24.2. The third-order valence-corrected chi connectivity index (χ3v) is 8.21. The van der Waals surface area contributed by atoms with Gasteiger partial charge in [-0.05, 0) is 117 Å². The van der Waals surface area contributed by atoms with Crippen molar-refractivity contribution >= 4 is 13.9 Å². The molecular weight excluding hydrogens is 523 g/mol. The molecule has 0 amide bonds. The Balaban J connectivity index is 0.000000793. The summed E-state index contributed by atoms with van der Waals surface area (Å²) in [5, 5.41) is 12.0. The van der Waals surface area contributed by atoms with E-state index in [0.29, 0.717) is 23.4 Å². The molecule has 0 bridgehead atoms. The summed E-state index contributed by atoms with van der Waals surface area (Å²) in [7, 11) is 0.757. The molecule has 1 unspecified atom stereocenters. The Bertz CT molecular complexity index is 607. The first-order valence-corrected chi connectivity index (χ1v) is 13.8. The fourth-order valence-electron chi connectivity index (χ4n) is 4.23. The summed E-state index contributed by atoms with van der Waals surface area (Å²) in [6.45, 7) is 13.8. The summed E-state index contributed by atoms with van der Waals surface area (Å²) >= 11 is 0. The van der Waals surface area contributed by atoms with E-state index < -0.39 is 0 Å². The molecule has 3 aliphatic rings. The maximum absolute atomic E-state index is 10.4. The van der Waals surface area contributed by atoms with Crippen molar-refractivity contribution in [2.24, 2.45) is 0 Å². The van der Waals surface area contributed by atoms with Gasteiger partial charge in [0, 0.05) is 5.66 Å². The molecule has 1 N–H and O–H groups in total. The largest absolute Gasteiger partial charge is 3.00 e. The van der Waals surface area contributed by atoms with Crippen LogP contribution < -0.4 is 5.30 Å². The van der Waals surface area contributed by atoms with Crippen molar-refractivity contribution in [3.05, 3.63) is 100 Å². The molecule has 0 spiro atoms. The van der Waals surface area contributed by atoms with Crippen LogP contribution in [0, 0.1) is 71.6 Å². The van der Waals surface area contributed by atoms with E-state index in [1.54, 1.807) is 5.30 Å². The van der Waals surface area contributed by atoms with Crippen LogP contribution in [-0.4, -0.2) is 16.9 Å². The number of hydrogen-bond acceptors (Lipinski definition) is 1. The van der Waals surface area contributed by atoms with Gasteiger partial charge in [-0.1, -0.05) is 75.1 Å². The SMILES string of the molecule is CC(C)c1cc(C(C)C)c(P[C@@H]2CCCC[C@H]2O)c(C(C)C)c1.[CH3-].[CH]1[CH][CH][CH][CH]1.[CH]1[CH][CH][CH][CH]1.[Zr+3]. The first kappa shape index (κ1) is 35.5. The van der Waals surface area contributed by atoms with E-state index in [1.165, 1.54) is 36.0 Å². The maximum atomic E-state index is 10.4. The molecular formula is C32H48OPZr+2. The fraction of sp³-hybridized carbons (Fsp3) is 0.469. The maximum Gasteiger partial charge on any atom is 3.00 e. The molecule has 3 saturated carbocycles. The Morgan fingerprint density at radius 1 is 0.657 bits per heavy atom. The average molecular weight is 571 g/mol. The molecule has 189 valence electrons. The van der Waals surface area contributed by atoms with E-state index >= 15 is 0 Å². The minimum Gasteiger partial charge on any atom is -0.392 e. The Morgan fingerprint density at radius 3 is 1.34 bits per heavy atom. The average Bonchev–Trinajstić information content (AvgIpc) is 3.54. The zero-order valence-electron chi connectivity index (χ0n) is 23.1.